The molecule has 0 spiro atoms. The SMILES string of the molecule is Cc1cccc(C2CCCN2C(=O)C23CC(NC(O)c4ccccc4)(C2)C3)c1. The van der Waals surface area contributed by atoms with Crippen LogP contribution in [0.25, 0.3) is 0 Å². The largest absolute Gasteiger partial charge is 0.374 e. The number of carbonyl (C=O) groups is 1. The van der Waals surface area contributed by atoms with Gasteiger partial charge in [-0.15, -0.1) is 0 Å². The van der Waals surface area contributed by atoms with E-state index in [9.17, 15) is 9.90 Å². The lowest BCUT2D eigenvalue weighted by atomic mass is 9.38. The molecule has 0 radical (unpaired) electrons. The number of benzene rings is 2. The highest BCUT2D eigenvalue weighted by molar-refractivity contribution is 5.87. The minimum absolute atomic E-state index is 0.0660. The first-order valence-corrected chi connectivity index (χ1v) is 10.4. The number of rotatable bonds is 5. The van der Waals surface area contributed by atoms with Crippen molar-refractivity contribution in [3.8, 4) is 0 Å². The first-order valence-electron chi connectivity index (χ1n) is 10.4. The van der Waals surface area contributed by atoms with Gasteiger partial charge in [0.25, 0.3) is 0 Å². The van der Waals surface area contributed by atoms with Gasteiger partial charge in [0.1, 0.15) is 6.23 Å². The van der Waals surface area contributed by atoms with Crippen LogP contribution in [0.15, 0.2) is 54.6 Å². The van der Waals surface area contributed by atoms with Crippen molar-refractivity contribution < 1.29 is 9.90 Å². The molecule has 4 heteroatoms. The third kappa shape index (κ3) is 2.78. The van der Waals surface area contributed by atoms with Gasteiger partial charge in [0, 0.05) is 12.1 Å². The number of carbonyl (C=O) groups excluding carboxylic acids is 1. The smallest absolute Gasteiger partial charge is 0.229 e. The molecule has 4 fully saturated rings. The summed E-state index contributed by atoms with van der Waals surface area (Å²) in [5.74, 6) is 0.328. The van der Waals surface area contributed by atoms with Crippen LogP contribution in [-0.4, -0.2) is 28.0 Å². The summed E-state index contributed by atoms with van der Waals surface area (Å²) in [5.41, 5.74) is 3.14. The maximum absolute atomic E-state index is 13.4. The van der Waals surface area contributed by atoms with Crippen molar-refractivity contribution in [1.82, 2.24) is 10.2 Å². The fraction of sp³-hybridized carbons (Fsp3) is 0.458. The average molecular weight is 377 g/mol. The minimum Gasteiger partial charge on any atom is -0.374 e. The maximum atomic E-state index is 13.4. The lowest BCUT2D eigenvalue weighted by Gasteiger charge is -2.70. The molecule has 2 aromatic carbocycles. The molecule has 28 heavy (non-hydrogen) atoms. The second kappa shape index (κ2) is 6.43. The van der Waals surface area contributed by atoms with Crippen LogP contribution in [0, 0.1) is 12.3 Å². The lowest BCUT2D eigenvalue weighted by molar-refractivity contribution is -0.200. The first-order chi connectivity index (χ1) is 13.5. The molecular formula is C24H28N2O2. The molecule has 146 valence electrons. The zero-order valence-electron chi connectivity index (χ0n) is 16.4. The van der Waals surface area contributed by atoms with Crippen molar-refractivity contribution in [2.45, 2.75) is 56.8 Å². The topological polar surface area (TPSA) is 52.6 Å². The Bertz CT molecular complexity index is 875. The van der Waals surface area contributed by atoms with E-state index in [4.69, 9.17) is 0 Å². The predicted molar refractivity (Wildman–Crippen MR) is 108 cm³/mol. The number of nitrogens with zero attached hydrogens (tertiary/aromatic N) is 1. The van der Waals surface area contributed by atoms with E-state index in [1.54, 1.807) is 0 Å². The monoisotopic (exact) mass is 376 g/mol. The summed E-state index contributed by atoms with van der Waals surface area (Å²) < 4.78 is 0. The second-order valence-electron chi connectivity index (χ2n) is 9.12. The van der Waals surface area contributed by atoms with Gasteiger partial charge in [-0.3, -0.25) is 10.1 Å². The normalized spacial score (nSPS) is 31.8. The van der Waals surface area contributed by atoms with Crippen LogP contribution >= 0.6 is 0 Å². The van der Waals surface area contributed by atoms with Crippen LogP contribution in [0.4, 0.5) is 0 Å². The fourth-order valence-electron chi connectivity index (χ4n) is 5.71. The Hall–Kier alpha value is -2.17. The second-order valence-corrected chi connectivity index (χ2v) is 9.12. The Balaban J connectivity index is 1.25. The Morgan fingerprint density at radius 1 is 1.14 bits per heavy atom. The average Bonchev–Trinajstić information content (AvgIpc) is 3.13. The summed E-state index contributed by atoms with van der Waals surface area (Å²) in [6, 6.07) is 18.5. The van der Waals surface area contributed by atoms with E-state index >= 15 is 0 Å². The van der Waals surface area contributed by atoms with E-state index < -0.39 is 6.23 Å². The van der Waals surface area contributed by atoms with Crippen molar-refractivity contribution >= 4 is 5.91 Å². The quantitative estimate of drug-likeness (QED) is 0.779. The molecule has 3 aliphatic carbocycles. The van der Waals surface area contributed by atoms with Gasteiger partial charge in [0.2, 0.25) is 5.91 Å². The van der Waals surface area contributed by atoms with E-state index in [0.717, 1.165) is 44.2 Å². The summed E-state index contributed by atoms with van der Waals surface area (Å²) >= 11 is 0. The molecule has 2 unspecified atom stereocenters. The van der Waals surface area contributed by atoms with E-state index in [-0.39, 0.29) is 17.0 Å². The summed E-state index contributed by atoms with van der Waals surface area (Å²) in [4.78, 5) is 15.5. The molecule has 2 N–H and O–H groups in total. The number of aliphatic hydroxyl groups excluding tert-OH is 1. The highest BCUT2D eigenvalue weighted by Gasteiger charge is 2.72. The van der Waals surface area contributed by atoms with E-state index in [0.29, 0.717) is 5.91 Å². The standard InChI is InChI=1S/C24H28N2O2/c1-17-7-5-10-19(13-17)20-11-6-12-26(20)22(28)23-14-24(15-23,16-23)25-21(27)18-8-3-2-4-9-18/h2-5,7-10,13,20-21,25,27H,6,11-12,14-16H2,1H3. The Morgan fingerprint density at radius 2 is 1.89 bits per heavy atom. The Morgan fingerprint density at radius 3 is 2.61 bits per heavy atom. The van der Waals surface area contributed by atoms with Gasteiger partial charge < -0.3 is 10.0 Å². The number of amides is 1. The van der Waals surface area contributed by atoms with Gasteiger partial charge in [-0.1, -0.05) is 60.2 Å². The van der Waals surface area contributed by atoms with Crippen LogP contribution in [0.1, 0.15) is 61.1 Å². The fourth-order valence-corrected chi connectivity index (χ4v) is 5.71. The molecule has 3 saturated carbocycles. The van der Waals surface area contributed by atoms with E-state index in [1.807, 2.05) is 30.3 Å². The van der Waals surface area contributed by atoms with E-state index in [2.05, 4.69) is 41.4 Å². The zero-order valence-corrected chi connectivity index (χ0v) is 16.4. The number of aliphatic hydroxyl groups is 1. The predicted octanol–water partition coefficient (Wildman–Crippen LogP) is 3.86. The summed E-state index contributed by atoms with van der Waals surface area (Å²) in [5, 5.41) is 13.9. The van der Waals surface area contributed by atoms with Crippen LogP contribution < -0.4 is 5.32 Å². The van der Waals surface area contributed by atoms with Crippen molar-refractivity contribution in [3.63, 3.8) is 0 Å². The summed E-state index contributed by atoms with van der Waals surface area (Å²) in [6.45, 7) is 2.98. The van der Waals surface area contributed by atoms with Crippen molar-refractivity contribution in [1.29, 1.82) is 0 Å². The molecule has 4 aliphatic rings. The van der Waals surface area contributed by atoms with Crippen LogP contribution in [0.2, 0.25) is 0 Å². The molecule has 2 bridgehead atoms. The molecule has 1 amide bonds. The Labute approximate surface area is 166 Å². The van der Waals surface area contributed by atoms with Gasteiger partial charge in [0.15, 0.2) is 0 Å². The van der Waals surface area contributed by atoms with E-state index in [1.165, 1.54) is 11.1 Å². The maximum Gasteiger partial charge on any atom is 0.229 e. The molecule has 1 saturated heterocycles. The van der Waals surface area contributed by atoms with Crippen molar-refractivity contribution in [3.05, 3.63) is 71.3 Å². The van der Waals surface area contributed by atoms with Gasteiger partial charge in [-0.2, -0.15) is 0 Å². The summed E-state index contributed by atoms with van der Waals surface area (Å²) in [7, 11) is 0. The minimum atomic E-state index is -0.665. The van der Waals surface area contributed by atoms with Gasteiger partial charge in [-0.25, -0.2) is 0 Å². The van der Waals surface area contributed by atoms with Crippen molar-refractivity contribution in [2.24, 2.45) is 5.41 Å². The lowest BCUT2D eigenvalue weighted by Crippen LogP contribution is -2.78. The Kier molecular flexibility index (Phi) is 4.11. The third-order valence-corrected chi connectivity index (χ3v) is 6.98. The highest BCUT2D eigenvalue weighted by atomic mass is 16.3. The zero-order chi connectivity index (χ0) is 19.4. The first kappa shape index (κ1) is 17.9. The van der Waals surface area contributed by atoms with Crippen LogP contribution in [0.3, 0.4) is 0 Å². The molecule has 6 rings (SSSR count). The molecule has 1 aliphatic heterocycles. The summed E-state index contributed by atoms with van der Waals surface area (Å²) in [6.07, 6.45) is 4.01. The number of hydrogen-bond acceptors (Lipinski definition) is 3. The molecule has 1 heterocycles. The number of hydrogen-bond donors (Lipinski definition) is 2. The van der Waals surface area contributed by atoms with Crippen LogP contribution in [0.5, 0.6) is 0 Å². The number of aryl methyl sites for hydroxylation is 1. The molecule has 2 aromatic rings. The third-order valence-electron chi connectivity index (χ3n) is 6.98. The van der Waals surface area contributed by atoms with Crippen LogP contribution in [-0.2, 0) is 4.79 Å². The van der Waals surface area contributed by atoms with Crippen molar-refractivity contribution in [2.75, 3.05) is 6.54 Å². The number of likely N-dealkylation sites (tertiary alicyclic amines) is 1. The molecule has 0 aromatic heterocycles. The number of nitrogens with one attached hydrogen (secondary N) is 1. The molecular weight excluding hydrogens is 348 g/mol. The molecule has 2 atom stereocenters. The van der Waals surface area contributed by atoms with Gasteiger partial charge >= 0.3 is 0 Å². The highest BCUT2D eigenvalue weighted by Crippen LogP contribution is 2.68. The van der Waals surface area contributed by atoms with Gasteiger partial charge in [0.05, 0.1) is 11.5 Å². The van der Waals surface area contributed by atoms with Gasteiger partial charge in [-0.05, 0) is 50.2 Å². The molecule has 4 nitrogen and oxygen atoms in total.